The Morgan fingerprint density at radius 2 is 2.20 bits per heavy atom. The summed E-state index contributed by atoms with van der Waals surface area (Å²) in [7, 11) is 0. The molecule has 0 bridgehead atoms. The lowest BCUT2D eigenvalue weighted by atomic mass is 10.0. The molecule has 0 unspecified atom stereocenters. The second kappa shape index (κ2) is 4.14. The van der Waals surface area contributed by atoms with Crippen LogP contribution in [0.3, 0.4) is 0 Å². The van der Waals surface area contributed by atoms with Gasteiger partial charge in [-0.3, -0.25) is 0 Å². The van der Waals surface area contributed by atoms with Gasteiger partial charge in [-0.2, -0.15) is 0 Å². The number of aromatic carboxylic acids is 1. The smallest absolute Gasteiger partial charge is 0.339 e. The zero-order chi connectivity index (χ0) is 11.0. The fourth-order valence-corrected chi connectivity index (χ4v) is 2.59. The Bertz CT molecular complexity index is 429. The minimum Gasteiger partial charge on any atom is -0.492 e. The van der Waals surface area contributed by atoms with Gasteiger partial charge < -0.3 is 9.84 Å². The quantitative estimate of drug-likeness (QED) is 0.857. The van der Waals surface area contributed by atoms with Crippen molar-refractivity contribution in [3.63, 3.8) is 0 Å². The molecule has 1 aromatic rings. The fraction of sp³-hybridized carbons (Fsp3) is 0.300. The maximum atomic E-state index is 11.0. The lowest BCUT2D eigenvalue weighted by Crippen LogP contribution is -2.13. The zero-order valence-electron chi connectivity index (χ0n) is 7.72. The van der Waals surface area contributed by atoms with Gasteiger partial charge in [0.1, 0.15) is 11.3 Å². The lowest BCUT2D eigenvalue weighted by Gasteiger charge is -2.21. The number of rotatable bonds is 1. The first-order valence-corrected chi connectivity index (χ1v) is 6.07. The summed E-state index contributed by atoms with van der Waals surface area (Å²) in [6, 6.07) is 1.57. The molecule has 0 saturated heterocycles. The van der Waals surface area contributed by atoms with Gasteiger partial charge in [0.2, 0.25) is 0 Å². The molecule has 1 aromatic carbocycles. The topological polar surface area (TPSA) is 46.5 Å². The third-order valence-corrected chi connectivity index (χ3v) is 4.38. The average molecular weight is 336 g/mol. The summed E-state index contributed by atoms with van der Waals surface area (Å²) in [5.41, 5.74) is 1.16. The van der Waals surface area contributed by atoms with Crippen molar-refractivity contribution in [3.05, 3.63) is 26.1 Å². The number of fused-ring (bicyclic) bond motifs is 1. The summed E-state index contributed by atoms with van der Waals surface area (Å²) in [4.78, 5) is 11.0. The molecule has 1 aliphatic rings. The van der Waals surface area contributed by atoms with Gasteiger partial charge in [0.05, 0.1) is 6.61 Å². The van der Waals surface area contributed by atoms with E-state index in [1.807, 2.05) is 0 Å². The highest BCUT2D eigenvalue weighted by Crippen LogP contribution is 2.39. The largest absolute Gasteiger partial charge is 0.492 e. The van der Waals surface area contributed by atoms with Gasteiger partial charge in [-0.15, -0.1) is 0 Å². The molecule has 0 aliphatic carbocycles. The number of carbonyl (C=O) groups is 1. The summed E-state index contributed by atoms with van der Waals surface area (Å²) in [5.74, 6) is -0.454. The van der Waals surface area contributed by atoms with Crippen LogP contribution in [0.4, 0.5) is 0 Å². The highest BCUT2D eigenvalue weighted by Gasteiger charge is 2.23. The van der Waals surface area contributed by atoms with Gasteiger partial charge in [-0.05, 0) is 50.8 Å². The van der Waals surface area contributed by atoms with Gasteiger partial charge in [-0.25, -0.2) is 4.79 Å². The van der Waals surface area contributed by atoms with Crippen molar-refractivity contribution in [2.45, 2.75) is 12.8 Å². The van der Waals surface area contributed by atoms with Gasteiger partial charge in [0, 0.05) is 14.5 Å². The molecular weight excluding hydrogens is 328 g/mol. The van der Waals surface area contributed by atoms with Crippen LogP contribution in [-0.2, 0) is 6.42 Å². The molecule has 0 fully saturated rings. The van der Waals surface area contributed by atoms with Gasteiger partial charge >= 0.3 is 5.97 Å². The van der Waals surface area contributed by atoms with Crippen LogP contribution < -0.4 is 4.74 Å². The number of hydrogen-bond donors (Lipinski definition) is 1. The first-order valence-electron chi connectivity index (χ1n) is 4.48. The van der Waals surface area contributed by atoms with E-state index >= 15 is 0 Å². The molecule has 0 radical (unpaired) electrons. The molecule has 0 saturated carbocycles. The summed E-state index contributed by atoms with van der Waals surface area (Å²) < 4.78 is 7.06. The first kappa shape index (κ1) is 11.0. The van der Waals surface area contributed by atoms with Crippen LogP contribution in [0.2, 0.25) is 0 Å². The van der Waals surface area contributed by atoms with E-state index in [0.717, 1.165) is 27.4 Å². The van der Waals surface area contributed by atoms with Crippen molar-refractivity contribution in [2.24, 2.45) is 0 Å². The number of hydrogen-bond acceptors (Lipinski definition) is 2. The Morgan fingerprint density at radius 1 is 1.47 bits per heavy atom. The fourth-order valence-electron chi connectivity index (χ4n) is 1.63. The predicted octanol–water partition coefficient (Wildman–Crippen LogP) is 3.23. The molecule has 2 rings (SSSR count). The average Bonchev–Trinajstić information content (AvgIpc) is 2.23. The Balaban J connectivity index is 2.67. The molecular formula is C10H8Br2O3. The van der Waals surface area contributed by atoms with E-state index in [-0.39, 0.29) is 5.56 Å². The van der Waals surface area contributed by atoms with Gasteiger partial charge in [-0.1, -0.05) is 0 Å². The molecule has 1 aliphatic heterocycles. The van der Waals surface area contributed by atoms with Crippen molar-refractivity contribution >= 4 is 37.8 Å². The molecule has 3 nitrogen and oxygen atoms in total. The molecule has 0 spiro atoms. The molecule has 15 heavy (non-hydrogen) atoms. The third kappa shape index (κ3) is 1.90. The molecule has 80 valence electrons. The molecule has 1 N–H and O–H groups in total. The summed E-state index contributed by atoms with van der Waals surface area (Å²) in [6.45, 7) is 0.585. The number of ether oxygens (including phenoxy) is 1. The predicted molar refractivity (Wildman–Crippen MR) is 62.6 cm³/mol. The molecule has 5 heteroatoms. The molecule has 1 heterocycles. The van der Waals surface area contributed by atoms with Crippen molar-refractivity contribution in [1.29, 1.82) is 0 Å². The second-order valence-corrected chi connectivity index (χ2v) is 4.93. The number of halogens is 2. The van der Waals surface area contributed by atoms with Crippen LogP contribution in [0.25, 0.3) is 0 Å². The van der Waals surface area contributed by atoms with Gasteiger partial charge in [0.15, 0.2) is 0 Å². The summed E-state index contributed by atoms with van der Waals surface area (Å²) >= 11 is 6.76. The molecule has 0 atom stereocenters. The van der Waals surface area contributed by atoms with E-state index in [9.17, 15) is 4.79 Å². The standard InChI is InChI=1S/C10H8Br2O3/c11-7-4-6(10(13)14)9-5(8(7)12)2-1-3-15-9/h4H,1-3H2,(H,13,14). The van der Waals surface area contributed by atoms with E-state index in [1.54, 1.807) is 6.07 Å². The van der Waals surface area contributed by atoms with Crippen LogP contribution in [0.1, 0.15) is 22.3 Å². The number of carboxylic acids is 1. The summed E-state index contributed by atoms with van der Waals surface area (Å²) in [5, 5.41) is 9.04. The Kier molecular flexibility index (Phi) is 3.02. The van der Waals surface area contributed by atoms with E-state index < -0.39 is 5.97 Å². The highest BCUT2D eigenvalue weighted by molar-refractivity contribution is 9.13. The molecule has 0 aromatic heterocycles. The van der Waals surface area contributed by atoms with Crippen molar-refractivity contribution < 1.29 is 14.6 Å². The van der Waals surface area contributed by atoms with Crippen LogP contribution in [0.15, 0.2) is 15.0 Å². The lowest BCUT2D eigenvalue weighted by molar-refractivity contribution is 0.0691. The normalized spacial score (nSPS) is 14.3. The molecule has 0 amide bonds. The number of carboxylic acid groups (broad SMARTS) is 1. The van der Waals surface area contributed by atoms with Crippen LogP contribution in [-0.4, -0.2) is 17.7 Å². The maximum Gasteiger partial charge on any atom is 0.339 e. The van der Waals surface area contributed by atoms with Crippen molar-refractivity contribution in [2.75, 3.05) is 6.61 Å². The van der Waals surface area contributed by atoms with Crippen LogP contribution in [0, 0.1) is 0 Å². The first-order chi connectivity index (χ1) is 7.11. The Hall–Kier alpha value is -0.550. The van der Waals surface area contributed by atoms with E-state index in [1.165, 1.54) is 0 Å². The van der Waals surface area contributed by atoms with E-state index in [4.69, 9.17) is 9.84 Å². The zero-order valence-corrected chi connectivity index (χ0v) is 10.9. The van der Waals surface area contributed by atoms with Crippen LogP contribution >= 0.6 is 31.9 Å². The van der Waals surface area contributed by atoms with Crippen molar-refractivity contribution in [1.82, 2.24) is 0 Å². The Labute approximate surface area is 104 Å². The SMILES string of the molecule is O=C(O)c1cc(Br)c(Br)c2c1OCCC2. The maximum absolute atomic E-state index is 11.0. The van der Waals surface area contributed by atoms with Gasteiger partial charge in [0.25, 0.3) is 0 Å². The van der Waals surface area contributed by atoms with Crippen molar-refractivity contribution in [3.8, 4) is 5.75 Å². The third-order valence-electron chi connectivity index (χ3n) is 2.31. The van der Waals surface area contributed by atoms with E-state index in [2.05, 4.69) is 31.9 Å². The highest BCUT2D eigenvalue weighted by atomic mass is 79.9. The van der Waals surface area contributed by atoms with E-state index in [0.29, 0.717) is 12.4 Å². The summed E-state index contributed by atoms with van der Waals surface area (Å²) in [6.07, 6.45) is 1.76. The minimum atomic E-state index is -0.957. The second-order valence-electron chi connectivity index (χ2n) is 3.28. The Morgan fingerprint density at radius 3 is 2.87 bits per heavy atom. The monoisotopic (exact) mass is 334 g/mol. The minimum absolute atomic E-state index is 0.222. The number of benzene rings is 1. The van der Waals surface area contributed by atoms with Crippen LogP contribution in [0.5, 0.6) is 5.75 Å².